The molecule has 0 atom stereocenters. The average Bonchev–Trinajstić information content (AvgIpc) is 3.12. The monoisotopic (exact) mass is 366 g/mol. The molecule has 3 aromatic rings. The third-order valence-corrected chi connectivity index (χ3v) is 5.39. The number of benzene rings is 2. The lowest BCUT2D eigenvalue weighted by molar-refractivity contribution is -0.0393. The van der Waals surface area contributed by atoms with E-state index in [2.05, 4.69) is 0 Å². The van der Waals surface area contributed by atoms with Gasteiger partial charge in [0.15, 0.2) is 0 Å². The third kappa shape index (κ3) is 3.53. The Labute approximate surface area is 157 Å². The van der Waals surface area contributed by atoms with E-state index in [4.69, 9.17) is 5.10 Å². The zero-order valence-corrected chi connectivity index (χ0v) is 15.3. The maximum atomic E-state index is 13.4. The summed E-state index contributed by atoms with van der Waals surface area (Å²) in [7, 11) is 0. The number of aliphatic hydroxyl groups excluding tert-OH is 1. The van der Waals surface area contributed by atoms with Crippen LogP contribution in [0.15, 0.2) is 54.6 Å². The predicted molar refractivity (Wildman–Crippen MR) is 102 cm³/mol. The van der Waals surface area contributed by atoms with Crippen molar-refractivity contribution >= 4 is 0 Å². The lowest BCUT2D eigenvalue weighted by atomic mass is 9.81. The summed E-state index contributed by atoms with van der Waals surface area (Å²) in [6.45, 7) is 2.03. The highest BCUT2D eigenvalue weighted by Gasteiger charge is 2.37. The van der Waals surface area contributed by atoms with E-state index in [0.717, 1.165) is 22.5 Å². The Morgan fingerprint density at radius 2 is 1.67 bits per heavy atom. The van der Waals surface area contributed by atoms with Crippen molar-refractivity contribution in [1.29, 1.82) is 0 Å². The molecule has 0 spiro atoms. The van der Waals surface area contributed by atoms with Gasteiger partial charge in [-0.15, -0.1) is 0 Å². The lowest BCUT2D eigenvalue weighted by Crippen LogP contribution is -2.33. The first-order valence-electron chi connectivity index (χ1n) is 9.29. The highest BCUT2D eigenvalue weighted by Crippen LogP contribution is 2.38. The second kappa shape index (κ2) is 6.91. The quantitative estimate of drug-likeness (QED) is 0.733. The van der Waals surface area contributed by atoms with Crippen molar-refractivity contribution in [1.82, 2.24) is 9.78 Å². The lowest BCUT2D eigenvalue weighted by Gasteiger charge is -2.32. The summed E-state index contributed by atoms with van der Waals surface area (Å²) in [5.74, 6) is -0.303. The Hall–Kier alpha value is -2.50. The first-order chi connectivity index (χ1) is 12.9. The molecule has 1 saturated carbocycles. The van der Waals surface area contributed by atoms with Gasteiger partial charge in [-0.3, -0.25) is 0 Å². The number of halogens is 1. The van der Waals surface area contributed by atoms with E-state index in [1.807, 2.05) is 37.3 Å². The van der Waals surface area contributed by atoms with E-state index in [9.17, 15) is 14.6 Å². The van der Waals surface area contributed by atoms with Crippen molar-refractivity contribution in [3.8, 4) is 16.9 Å². The molecule has 1 fully saturated rings. The molecule has 140 valence electrons. The molecule has 0 unspecified atom stereocenters. The first kappa shape index (κ1) is 17.9. The molecule has 1 aliphatic rings. The molecule has 0 radical (unpaired) electrons. The summed E-state index contributed by atoms with van der Waals surface area (Å²) >= 11 is 0. The van der Waals surface area contributed by atoms with Crippen molar-refractivity contribution in [3.63, 3.8) is 0 Å². The van der Waals surface area contributed by atoms with Gasteiger partial charge < -0.3 is 10.2 Å². The van der Waals surface area contributed by atoms with Gasteiger partial charge in [-0.2, -0.15) is 5.10 Å². The van der Waals surface area contributed by atoms with Crippen LogP contribution in [0.5, 0.6) is 0 Å². The molecule has 4 nitrogen and oxygen atoms in total. The van der Waals surface area contributed by atoms with Crippen LogP contribution in [0.25, 0.3) is 16.9 Å². The maximum Gasteiger partial charge on any atom is 0.123 e. The summed E-state index contributed by atoms with van der Waals surface area (Å²) in [5, 5.41) is 25.6. The van der Waals surface area contributed by atoms with Crippen LogP contribution in [0.4, 0.5) is 4.39 Å². The Morgan fingerprint density at radius 1 is 1.04 bits per heavy atom. The number of aliphatic hydroxyl groups is 2. The first-order valence-corrected chi connectivity index (χ1v) is 9.29. The van der Waals surface area contributed by atoms with E-state index in [0.29, 0.717) is 31.4 Å². The highest BCUT2D eigenvalue weighted by atomic mass is 19.1. The van der Waals surface area contributed by atoms with Gasteiger partial charge in [0.1, 0.15) is 11.4 Å². The Bertz CT molecular complexity index is 861. The van der Waals surface area contributed by atoms with Gasteiger partial charge in [0.2, 0.25) is 0 Å². The second-order valence-corrected chi connectivity index (χ2v) is 7.43. The van der Waals surface area contributed by atoms with Gasteiger partial charge in [0.05, 0.1) is 23.2 Å². The van der Waals surface area contributed by atoms with Gasteiger partial charge in [-0.1, -0.05) is 29.8 Å². The van der Waals surface area contributed by atoms with Crippen molar-refractivity contribution in [2.45, 2.75) is 44.3 Å². The SMILES string of the molecule is Cc1ccc(-c2cc(C3(O)CCC(O)CC3)nn2-c2ccc(F)cc2)cc1. The van der Waals surface area contributed by atoms with Gasteiger partial charge in [-0.25, -0.2) is 9.07 Å². The van der Waals surface area contributed by atoms with E-state index < -0.39 is 5.60 Å². The van der Waals surface area contributed by atoms with Gasteiger partial charge >= 0.3 is 0 Å². The molecular weight excluding hydrogens is 343 g/mol. The van der Waals surface area contributed by atoms with Crippen LogP contribution in [-0.4, -0.2) is 26.1 Å². The average molecular weight is 366 g/mol. The highest BCUT2D eigenvalue weighted by molar-refractivity contribution is 5.63. The maximum absolute atomic E-state index is 13.4. The van der Waals surface area contributed by atoms with E-state index in [1.165, 1.54) is 12.1 Å². The minimum absolute atomic E-state index is 0.303. The normalized spacial score (nSPS) is 22.7. The summed E-state index contributed by atoms with van der Waals surface area (Å²) in [4.78, 5) is 0. The van der Waals surface area contributed by atoms with Crippen molar-refractivity contribution < 1.29 is 14.6 Å². The van der Waals surface area contributed by atoms with Gasteiger partial charge in [-0.05, 0) is 62.9 Å². The molecule has 2 aromatic carbocycles. The van der Waals surface area contributed by atoms with Crippen LogP contribution in [0.2, 0.25) is 0 Å². The zero-order valence-electron chi connectivity index (χ0n) is 15.3. The fourth-order valence-corrected chi connectivity index (χ4v) is 3.65. The molecule has 1 heterocycles. The van der Waals surface area contributed by atoms with Crippen LogP contribution in [0.1, 0.15) is 36.9 Å². The van der Waals surface area contributed by atoms with E-state index in [-0.39, 0.29) is 11.9 Å². The number of aromatic nitrogens is 2. The van der Waals surface area contributed by atoms with E-state index >= 15 is 0 Å². The molecule has 2 N–H and O–H groups in total. The van der Waals surface area contributed by atoms with Crippen LogP contribution in [0.3, 0.4) is 0 Å². The van der Waals surface area contributed by atoms with Crippen LogP contribution in [-0.2, 0) is 5.60 Å². The van der Waals surface area contributed by atoms with Crippen molar-refractivity contribution in [2.75, 3.05) is 0 Å². The second-order valence-electron chi connectivity index (χ2n) is 7.43. The van der Waals surface area contributed by atoms with Crippen LogP contribution >= 0.6 is 0 Å². The minimum Gasteiger partial charge on any atom is -0.393 e. The van der Waals surface area contributed by atoms with Crippen LogP contribution < -0.4 is 0 Å². The fourth-order valence-electron chi connectivity index (χ4n) is 3.65. The molecule has 0 saturated heterocycles. The Kier molecular flexibility index (Phi) is 4.58. The molecule has 4 rings (SSSR count). The third-order valence-electron chi connectivity index (χ3n) is 5.39. The van der Waals surface area contributed by atoms with Crippen LogP contribution in [0, 0.1) is 12.7 Å². The molecular formula is C22H23FN2O2. The fraction of sp³-hybridized carbons (Fsp3) is 0.318. The number of nitrogens with zero attached hydrogens (tertiary/aromatic N) is 2. The smallest absolute Gasteiger partial charge is 0.123 e. The molecule has 27 heavy (non-hydrogen) atoms. The van der Waals surface area contributed by atoms with Gasteiger partial charge in [0, 0.05) is 5.56 Å². The largest absolute Gasteiger partial charge is 0.393 e. The molecule has 0 amide bonds. The molecule has 1 aliphatic carbocycles. The predicted octanol–water partition coefficient (Wildman–Crippen LogP) is 4.11. The summed E-state index contributed by atoms with van der Waals surface area (Å²) in [6, 6.07) is 16.2. The number of rotatable bonds is 3. The van der Waals surface area contributed by atoms with Crippen molar-refractivity contribution in [3.05, 3.63) is 71.7 Å². The molecule has 5 heteroatoms. The molecule has 1 aromatic heterocycles. The minimum atomic E-state index is -1.05. The molecule has 0 bridgehead atoms. The summed E-state index contributed by atoms with van der Waals surface area (Å²) < 4.78 is 15.1. The molecule has 0 aliphatic heterocycles. The van der Waals surface area contributed by atoms with E-state index in [1.54, 1.807) is 16.8 Å². The number of hydrogen-bond donors (Lipinski definition) is 2. The number of hydrogen-bond acceptors (Lipinski definition) is 3. The van der Waals surface area contributed by atoms with Crippen molar-refractivity contribution in [2.24, 2.45) is 0 Å². The summed E-state index contributed by atoms with van der Waals surface area (Å²) in [6.07, 6.45) is 1.70. The zero-order chi connectivity index (χ0) is 19.0. The summed E-state index contributed by atoms with van der Waals surface area (Å²) in [5.41, 5.74) is 3.25. The standard InChI is InChI=1S/C22H23FN2O2/c1-15-2-4-16(5-3-15)20-14-21(22(27)12-10-19(26)11-13-22)24-25(20)18-8-6-17(23)7-9-18/h2-9,14,19,26-27H,10-13H2,1H3. The Balaban J connectivity index is 1.82. The van der Waals surface area contributed by atoms with Gasteiger partial charge in [0.25, 0.3) is 0 Å². The topological polar surface area (TPSA) is 58.3 Å². The number of aryl methyl sites for hydroxylation is 1. The Morgan fingerprint density at radius 3 is 2.30 bits per heavy atom.